The van der Waals surface area contributed by atoms with E-state index in [-0.39, 0.29) is 12.6 Å². The molecule has 1 saturated heterocycles. The zero-order valence-corrected chi connectivity index (χ0v) is 15.8. The van der Waals surface area contributed by atoms with Crippen LogP contribution >= 0.6 is 0 Å². The Morgan fingerprint density at radius 3 is 2.78 bits per heavy atom. The molecule has 144 valence electrons. The van der Waals surface area contributed by atoms with Crippen molar-refractivity contribution in [3.05, 3.63) is 35.5 Å². The van der Waals surface area contributed by atoms with Crippen LogP contribution in [0, 0.1) is 5.92 Å². The molecule has 4 rings (SSSR count). The summed E-state index contributed by atoms with van der Waals surface area (Å²) in [7, 11) is 1.99. The molecule has 0 amide bonds. The summed E-state index contributed by atoms with van der Waals surface area (Å²) in [5.41, 5.74) is 3.29. The number of esters is 1. The number of hydroxylamine groups is 2. The van der Waals surface area contributed by atoms with Crippen LogP contribution in [0.25, 0.3) is 10.9 Å². The molecule has 0 N–H and O–H groups in total. The highest BCUT2D eigenvalue weighted by Crippen LogP contribution is 2.46. The molecule has 2 aliphatic rings. The fourth-order valence-electron chi connectivity index (χ4n) is 4.48. The maximum absolute atomic E-state index is 12.9. The Hall–Kier alpha value is -2.38. The smallest absolute Gasteiger partial charge is 0.434 e. The minimum absolute atomic E-state index is 0.136. The molecule has 1 aromatic heterocycles. The number of para-hydroxylation sites is 1. The third kappa shape index (κ3) is 2.82. The average Bonchev–Trinajstić information content (AvgIpc) is 3.06. The number of benzene rings is 1. The minimum Gasteiger partial charge on any atom is -0.434 e. The minimum atomic E-state index is -0.955. The first-order chi connectivity index (χ1) is 13.1. The van der Waals surface area contributed by atoms with Crippen molar-refractivity contribution in [2.24, 2.45) is 13.0 Å². The summed E-state index contributed by atoms with van der Waals surface area (Å²) in [4.78, 5) is 30.7. The van der Waals surface area contributed by atoms with Crippen molar-refractivity contribution in [2.45, 2.75) is 38.8 Å². The van der Waals surface area contributed by atoms with Crippen molar-refractivity contribution in [2.75, 3.05) is 13.2 Å². The largest absolute Gasteiger partial charge is 0.516 e. The summed E-state index contributed by atoms with van der Waals surface area (Å²) in [6.45, 7) is 4.54. The van der Waals surface area contributed by atoms with Gasteiger partial charge in [0.2, 0.25) is 0 Å². The molecule has 2 aromatic rings. The van der Waals surface area contributed by atoms with Gasteiger partial charge in [0.15, 0.2) is 0 Å². The first kappa shape index (κ1) is 18.0. The third-order valence-electron chi connectivity index (χ3n) is 5.61. The van der Waals surface area contributed by atoms with E-state index in [0.29, 0.717) is 6.54 Å². The van der Waals surface area contributed by atoms with Crippen molar-refractivity contribution in [1.82, 2.24) is 9.63 Å². The van der Waals surface area contributed by atoms with Crippen LogP contribution < -0.4 is 0 Å². The van der Waals surface area contributed by atoms with Crippen molar-refractivity contribution < 1.29 is 23.9 Å². The van der Waals surface area contributed by atoms with Gasteiger partial charge in [-0.1, -0.05) is 25.1 Å². The van der Waals surface area contributed by atoms with E-state index in [1.165, 1.54) is 10.9 Å². The summed E-state index contributed by atoms with van der Waals surface area (Å²) in [6, 6.07) is 8.06. The lowest BCUT2D eigenvalue weighted by molar-refractivity contribution is -0.163. The molecule has 4 atom stereocenters. The first-order valence-corrected chi connectivity index (χ1v) is 9.44. The monoisotopic (exact) mass is 372 g/mol. The number of nitrogens with zero attached hydrogens (tertiary/aromatic N) is 2. The van der Waals surface area contributed by atoms with Gasteiger partial charge in [0.1, 0.15) is 12.0 Å². The van der Waals surface area contributed by atoms with Crippen molar-refractivity contribution in [3.63, 3.8) is 0 Å². The molecule has 7 nitrogen and oxygen atoms in total. The van der Waals surface area contributed by atoms with Crippen LogP contribution in [0.1, 0.15) is 37.6 Å². The van der Waals surface area contributed by atoms with Crippen LogP contribution in [0.3, 0.4) is 0 Å². The lowest BCUT2D eigenvalue weighted by Gasteiger charge is -2.24. The Labute approximate surface area is 157 Å². The van der Waals surface area contributed by atoms with Crippen LogP contribution in [0.2, 0.25) is 0 Å². The molecule has 27 heavy (non-hydrogen) atoms. The Morgan fingerprint density at radius 2 is 2.04 bits per heavy atom. The predicted octanol–water partition coefficient (Wildman–Crippen LogP) is 3.12. The molecule has 0 radical (unpaired) electrons. The van der Waals surface area contributed by atoms with E-state index in [0.717, 1.165) is 24.1 Å². The lowest BCUT2D eigenvalue weighted by atomic mass is 9.87. The van der Waals surface area contributed by atoms with E-state index in [1.54, 1.807) is 6.92 Å². The van der Waals surface area contributed by atoms with Crippen LogP contribution in [0.5, 0.6) is 0 Å². The number of hydrogen-bond acceptors (Lipinski definition) is 6. The summed E-state index contributed by atoms with van der Waals surface area (Å²) in [6.07, 6.45) is 0.137. The van der Waals surface area contributed by atoms with Gasteiger partial charge >= 0.3 is 12.1 Å². The molecule has 7 heteroatoms. The van der Waals surface area contributed by atoms with Gasteiger partial charge in [-0.15, -0.1) is 0 Å². The van der Waals surface area contributed by atoms with Gasteiger partial charge in [-0.2, -0.15) is 5.06 Å². The van der Waals surface area contributed by atoms with Crippen LogP contribution in [-0.2, 0) is 32.6 Å². The molecule has 0 saturated carbocycles. The number of ether oxygens (including phenoxy) is 2. The predicted molar refractivity (Wildman–Crippen MR) is 97.8 cm³/mol. The zero-order valence-electron chi connectivity index (χ0n) is 15.8. The number of rotatable bonds is 3. The Morgan fingerprint density at radius 1 is 1.26 bits per heavy atom. The fourth-order valence-corrected chi connectivity index (χ4v) is 4.48. The third-order valence-corrected chi connectivity index (χ3v) is 5.61. The van der Waals surface area contributed by atoms with E-state index in [2.05, 4.69) is 16.7 Å². The summed E-state index contributed by atoms with van der Waals surface area (Å²) in [5, 5.41) is 3.06. The van der Waals surface area contributed by atoms with Gasteiger partial charge in [-0.25, -0.2) is 4.79 Å². The lowest BCUT2D eigenvalue weighted by Crippen LogP contribution is -2.38. The maximum atomic E-state index is 12.9. The highest BCUT2D eigenvalue weighted by molar-refractivity contribution is 5.88. The van der Waals surface area contributed by atoms with Crippen molar-refractivity contribution in [1.29, 1.82) is 0 Å². The van der Waals surface area contributed by atoms with Gasteiger partial charge in [-0.3, -0.25) is 9.63 Å². The highest BCUT2D eigenvalue weighted by atomic mass is 16.7. The molecular weight excluding hydrogens is 348 g/mol. The van der Waals surface area contributed by atoms with E-state index < -0.39 is 24.1 Å². The second-order valence-electron chi connectivity index (χ2n) is 6.96. The Kier molecular flexibility index (Phi) is 4.65. The summed E-state index contributed by atoms with van der Waals surface area (Å²) >= 11 is 0. The topological polar surface area (TPSA) is 70.0 Å². The molecule has 0 aliphatic carbocycles. The molecule has 1 unspecified atom stereocenters. The molecular formula is C20H24N2O5. The van der Waals surface area contributed by atoms with E-state index >= 15 is 0 Å². The standard InChI is InChI=1S/C20H24N2O5/c1-4-14-16(19(23)26-20(24)25-5-2)18-17-13(10-11-22(14)27-18)12-8-6-7-9-15(12)21(17)3/h6-9,14,16,18H,4-5,10-11H2,1-3H3/t14-,16-,18+/m1/s1. The fraction of sp³-hybridized carbons (Fsp3) is 0.500. The van der Waals surface area contributed by atoms with Crippen molar-refractivity contribution >= 4 is 23.0 Å². The number of hydrogen-bond donors (Lipinski definition) is 0. The van der Waals surface area contributed by atoms with Gasteiger partial charge < -0.3 is 14.0 Å². The van der Waals surface area contributed by atoms with Gasteiger partial charge in [0.05, 0.1) is 18.3 Å². The number of aromatic nitrogens is 1. The molecule has 0 spiro atoms. The van der Waals surface area contributed by atoms with Gasteiger partial charge in [0.25, 0.3) is 0 Å². The second kappa shape index (κ2) is 6.98. The molecule has 2 bridgehead atoms. The summed E-state index contributed by atoms with van der Waals surface area (Å²) in [5.74, 6) is -1.17. The molecule has 2 aliphatic heterocycles. The first-order valence-electron chi connectivity index (χ1n) is 9.44. The van der Waals surface area contributed by atoms with E-state index in [1.807, 2.05) is 31.2 Å². The van der Waals surface area contributed by atoms with Gasteiger partial charge in [0, 0.05) is 24.5 Å². The Bertz CT molecular complexity index is 890. The quantitative estimate of drug-likeness (QED) is 0.609. The van der Waals surface area contributed by atoms with Crippen LogP contribution in [-0.4, -0.2) is 40.9 Å². The zero-order chi connectivity index (χ0) is 19.1. The molecule has 1 fully saturated rings. The molecule has 3 heterocycles. The summed E-state index contributed by atoms with van der Waals surface area (Å²) < 4.78 is 11.8. The van der Waals surface area contributed by atoms with Crippen LogP contribution in [0.4, 0.5) is 4.79 Å². The second-order valence-corrected chi connectivity index (χ2v) is 6.96. The normalized spacial score (nSPS) is 26.5. The van der Waals surface area contributed by atoms with E-state index in [9.17, 15) is 9.59 Å². The number of aryl methyl sites for hydroxylation is 1. The van der Waals surface area contributed by atoms with Crippen LogP contribution in [0.15, 0.2) is 24.3 Å². The number of carbonyl (C=O) groups excluding carboxylic acids is 2. The number of fused-ring (bicyclic) bond motifs is 6. The number of carbonyl (C=O) groups is 2. The van der Waals surface area contributed by atoms with Crippen molar-refractivity contribution in [3.8, 4) is 0 Å². The maximum Gasteiger partial charge on any atom is 0.516 e. The van der Waals surface area contributed by atoms with E-state index in [4.69, 9.17) is 14.3 Å². The Balaban J connectivity index is 1.77. The van der Waals surface area contributed by atoms with Gasteiger partial charge in [-0.05, 0) is 31.4 Å². The highest BCUT2D eigenvalue weighted by Gasteiger charge is 2.52. The average molecular weight is 372 g/mol. The SMILES string of the molecule is CCOC(=O)OC(=O)[C@H]1[C@@H]2ON(CCc3c2n(C)c2ccccc32)[C@@H]1CC. The molecule has 1 aromatic carbocycles.